The molecule has 0 aliphatic carbocycles. The largest absolute Gasteiger partial charge is 0.394 e. The Morgan fingerprint density at radius 2 is 1.97 bits per heavy atom. The number of hydrogen-bond donors (Lipinski definition) is 6. The predicted molar refractivity (Wildman–Crippen MR) is 106 cm³/mol. The summed E-state index contributed by atoms with van der Waals surface area (Å²) in [5, 5.41) is 23.5. The molecule has 16 heteroatoms. The summed E-state index contributed by atoms with van der Waals surface area (Å²) in [4.78, 5) is 24.8. The summed E-state index contributed by atoms with van der Waals surface area (Å²) in [6.07, 6.45) is -1.27. The van der Waals surface area contributed by atoms with Gasteiger partial charge in [0.05, 0.1) is 6.67 Å². The van der Waals surface area contributed by atoms with Crippen LogP contribution in [0.3, 0.4) is 0 Å². The molecule has 2 aromatic rings. The van der Waals surface area contributed by atoms with Crippen molar-refractivity contribution >= 4 is 33.8 Å². The lowest BCUT2D eigenvalue weighted by Crippen LogP contribution is -2.41. The molecule has 15 nitrogen and oxygen atoms in total. The van der Waals surface area contributed by atoms with E-state index in [1.54, 1.807) is 16.5 Å². The van der Waals surface area contributed by atoms with Gasteiger partial charge in [-0.05, 0) is 7.05 Å². The number of aliphatic hydroxyl groups excluding tert-OH is 2. The Balaban J connectivity index is 0.000000614. The van der Waals surface area contributed by atoms with Crippen molar-refractivity contribution in [3.8, 4) is 0 Å². The minimum absolute atomic E-state index is 0.243. The van der Waals surface area contributed by atoms with Crippen molar-refractivity contribution in [3.63, 3.8) is 0 Å². The summed E-state index contributed by atoms with van der Waals surface area (Å²) < 4.78 is 39.2. The topological polar surface area (TPSA) is 226 Å². The Morgan fingerprint density at radius 1 is 1.32 bits per heavy atom. The van der Waals surface area contributed by atoms with Crippen LogP contribution in [0.15, 0.2) is 6.33 Å². The SMILES string of the molecule is CCc1nc2c(N)ncnc2n1[C@@H]1O[C@H](CN(C)CNC=O)C(O)C1O.O=S(=O)(O)O. The molecule has 2 unspecified atom stereocenters. The van der Waals surface area contributed by atoms with Crippen LogP contribution < -0.4 is 11.1 Å². The number of amides is 1. The Kier molecular flexibility index (Phi) is 8.18. The van der Waals surface area contributed by atoms with Gasteiger partial charge < -0.3 is 26.0 Å². The number of nitrogen functional groups attached to an aromatic ring is 1. The van der Waals surface area contributed by atoms with E-state index in [4.69, 9.17) is 28.0 Å². The van der Waals surface area contributed by atoms with Crippen molar-refractivity contribution in [3.05, 3.63) is 12.2 Å². The first-order valence-corrected chi connectivity index (χ1v) is 10.4. The molecule has 3 rings (SSSR count). The molecule has 0 radical (unpaired) electrons. The average Bonchev–Trinajstić information content (AvgIpc) is 3.18. The van der Waals surface area contributed by atoms with E-state index in [9.17, 15) is 15.0 Å². The van der Waals surface area contributed by atoms with Crippen LogP contribution >= 0.6 is 0 Å². The van der Waals surface area contributed by atoms with Crippen LogP contribution in [-0.2, 0) is 26.4 Å². The van der Waals surface area contributed by atoms with E-state index in [0.717, 1.165) is 0 Å². The highest BCUT2D eigenvalue weighted by atomic mass is 32.3. The fourth-order valence-electron chi connectivity index (χ4n) is 3.15. The number of nitrogens with one attached hydrogen (secondary N) is 1. The molecule has 174 valence electrons. The normalized spacial score (nSPS) is 23.6. The third-order valence-electron chi connectivity index (χ3n) is 4.42. The standard InChI is InChI=1S/C15H23N7O4.H2O4S/c1-3-9-20-10-13(16)18-5-19-14(10)22(9)15-12(25)11(24)8(26-15)4-21(2)6-17-7-23;1-5(2,3)4/h5,7-8,11-12,15,24-25H,3-4,6H2,1-2H3,(H,17,23)(H2,16,18,19);(H2,1,2,3,4)/t8-,11?,12?,15-;/m1./s1. The Morgan fingerprint density at radius 3 is 2.55 bits per heavy atom. The molecule has 1 fully saturated rings. The predicted octanol–water partition coefficient (Wildman–Crippen LogP) is -2.43. The van der Waals surface area contributed by atoms with E-state index in [-0.39, 0.29) is 5.82 Å². The van der Waals surface area contributed by atoms with E-state index in [1.807, 2.05) is 6.92 Å². The van der Waals surface area contributed by atoms with E-state index in [0.29, 0.717) is 43.0 Å². The minimum Gasteiger partial charge on any atom is -0.387 e. The zero-order valence-electron chi connectivity index (χ0n) is 16.7. The molecule has 0 saturated carbocycles. The number of fused-ring (bicyclic) bond motifs is 1. The van der Waals surface area contributed by atoms with Crippen molar-refractivity contribution < 1.29 is 37.3 Å². The van der Waals surface area contributed by atoms with Crippen LogP contribution in [0.4, 0.5) is 5.82 Å². The minimum atomic E-state index is -4.67. The number of aromatic nitrogens is 4. The number of nitrogens with two attached hydrogens (primary N) is 1. The molecular formula is C15H25N7O8S. The van der Waals surface area contributed by atoms with Gasteiger partial charge in [0, 0.05) is 13.0 Å². The average molecular weight is 463 g/mol. The van der Waals surface area contributed by atoms with Crippen LogP contribution in [0.1, 0.15) is 19.0 Å². The fourth-order valence-corrected chi connectivity index (χ4v) is 3.15. The monoisotopic (exact) mass is 463 g/mol. The van der Waals surface area contributed by atoms with Crippen LogP contribution in [0.25, 0.3) is 11.2 Å². The number of anilines is 1. The maximum Gasteiger partial charge on any atom is 0.394 e. The lowest BCUT2D eigenvalue weighted by atomic mass is 10.1. The molecule has 4 atom stereocenters. The molecule has 0 aromatic carbocycles. The number of hydrogen-bond acceptors (Lipinski definition) is 11. The van der Waals surface area contributed by atoms with Crippen LogP contribution in [-0.4, -0.2) is 97.1 Å². The molecule has 0 bridgehead atoms. The second-order valence-corrected chi connectivity index (χ2v) is 7.59. The van der Waals surface area contributed by atoms with Gasteiger partial charge in [-0.25, -0.2) is 15.0 Å². The third kappa shape index (κ3) is 6.26. The summed E-state index contributed by atoms with van der Waals surface area (Å²) in [5.74, 6) is 0.868. The molecule has 7 N–H and O–H groups in total. The molecule has 1 saturated heterocycles. The molecule has 1 aliphatic heterocycles. The van der Waals surface area contributed by atoms with Crippen molar-refractivity contribution in [2.75, 3.05) is 26.0 Å². The van der Waals surface area contributed by atoms with Gasteiger partial charge in [0.1, 0.15) is 30.5 Å². The number of carbonyl (C=O) groups excluding carboxylic acids is 1. The van der Waals surface area contributed by atoms with Gasteiger partial charge in [-0.1, -0.05) is 6.92 Å². The van der Waals surface area contributed by atoms with Gasteiger partial charge in [-0.3, -0.25) is 23.4 Å². The molecule has 0 spiro atoms. The molecule has 31 heavy (non-hydrogen) atoms. The van der Waals surface area contributed by atoms with Crippen molar-refractivity contribution in [1.82, 2.24) is 29.7 Å². The molecule has 1 aliphatic rings. The first kappa shape index (κ1) is 24.8. The maximum absolute atomic E-state index is 10.5. The number of likely N-dealkylation sites (N-methyl/N-ethyl adjacent to an activating group) is 1. The van der Waals surface area contributed by atoms with E-state index < -0.39 is 34.9 Å². The van der Waals surface area contributed by atoms with E-state index in [2.05, 4.69) is 20.3 Å². The lowest BCUT2D eigenvalue weighted by Gasteiger charge is -2.22. The summed E-state index contributed by atoms with van der Waals surface area (Å²) in [5.41, 5.74) is 6.75. The second-order valence-electron chi connectivity index (χ2n) is 6.70. The Labute approximate surface area is 177 Å². The zero-order chi connectivity index (χ0) is 23.3. The highest BCUT2D eigenvalue weighted by molar-refractivity contribution is 7.79. The van der Waals surface area contributed by atoms with Crippen LogP contribution in [0.2, 0.25) is 0 Å². The number of imidazole rings is 1. The first-order chi connectivity index (χ1) is 14.5. The quantitative estimate of drug-likeness (QED) is 0.143. The number of carbonyl (C=O) groups is 1. The van der Waals surface area contributed by atoms with Gasteiger partial charge >= 0.3 is 10.4 Å². The third-order valence-corrected chi connectivity index (χ3v) is 4.42. The molecular weight excluding hydrogens is 438 g/mol. The highest BCUT2D eigenvalue weighted by Gasteiger charge is 2.45. The summed E-state index contributed by atoms with van der Waals surface area (Å²) in [7, 11) is -2.90. The van der Waals surface area contributed by atoms with Crippen LogP contribution in [0, 0.1) is 0 Å². The molecule has 1 amide bonds. The fraction of sp³-hybridized carbons (Fsp3) is 0.600. The van der Waals surface area contributed by atoms with E-state index in [1.165, 1.54) is 6.33 Å². The van der Waals surface area contributed by atoms with Gasteiger partial charge in [0.15, 0.2) is 23.2 Å². The number of rotatable bonds is 7. The first-order valence-electron chi connectivity index (χ1n) is 9.02. The van der Waals surface area contributed by atoms with Gasteiger partial charge in [-0.15, -0.1) is 0 Å². The Hall–Kier alpha value is -2.47. The number of aliphatic hydroxyl groups is 2. The number of nitrogens with zero attached hydrogens (tertiary/aromatic N) is 5. The summed E-state index contributed by atoms with van der Waals surface area (Å²) >= 11 is 0. The number of aryl methyl sites for hydroxylation is 1. The maximum atomic E-state index is 10.5. The van der Waals surface area contributed by atoms with Crippen molar-refractivity contribution in [1.29, 1.82) is 0 Å². The van der Waals surface area contributed by atoms with Crippen molar-refractivity contribution in [2.24, 2.45) is 0 Å². The van der Waals surface area contributed by atoms with Crippen LogP contribution in [0.5, 0.6) is 0 Å². The van der Waals surface area contributed by atoms with Crippen molar-refractivity contribution in [2.45, 2.75) is 37.9 Å². The number of ether oxygens (including phenoxy) is 1. The molecule has 2 aromatic heterocycles. The molecule has 3 heterocycles. The second kappa shape index (κ2) is 10.2. The van der Waals surface area contributed by atoms with E-state index >= 15 is 0 Å². The van der Waals surface area contributed by atoms with Gasteiger partial charge in [-0.2, -0.15) is 8.42 Å². The summed E-state index contributed by atoms with van der Waals surface area (Å²) in [6, 6.07) is 0. The zero-order valence-corrected chi connectivity index (χ0v) is 17.5. The van der Waals surface area contributed by atoms with Gasteiger partial charge in [0.25, 0.3) is 0 Å². The summed E-state index contributed by atoms with van der Waals surface area (Å²) in [6.45, 7) is 2.53. The smallest absolute Gasteiger partial charge is 0.387 e. The lowest BCUT2D eigenvalue weighted by molar-refractivity contribution is -0.110. The Bertz CT molecular complexity index is 993. The highest BCUT2D eigenvalue weighted by Crippen LogP contribution is 2.33. The van der Waals surface area contributed by atoms with Gasteiger partial charge in [0.2, 0.25) is 6.41 Å².